The van der Waals surface area contributed by atoms with E-state index in [1.165, 1.54) is 24.3 Å². The lowest BCUT2D eigenvalue weighted by molar-refractivity contribution is -0.124. The van der Waals surface area contributed by atoms with Gasteiger partial charge in [-0.3, -0.25) is 4.79 Å². The summed E-state index contributed by atoms with van der Waals surface area (Å²) in [5, 5.41) is 3.68. The van der Waals surface area contributed by atoms with Crippen molar-refractivity contribution in [1.82, 2.24) is 5.43 Å². The summed E-state index contributed by atoms with van der Waals surface area (Å²) in [5.74, 6) is -0.324. The molecule has 0 atom stereocenters. The quantitative estimate of drug-likeness (QED) is 0.713. The highest BCUT2D eigenvalue weighted by Crippen LogP contribution is 2.06. The Labute approximate surface area is 79.4 Å². The Bertz CT molecular complexity index is 386. The number of halogens is 1. The predicted molar refractivity (Wildman–Crippen MR) is 47.0 cm³/mol. The molecule has 0 aliphatic carbocycles. The van der Waals surface area contributed by atoms with Crippen molar-refractivity contribution in [2.24, 2.45) is 5.10 Å². The predicted octanol–water partition coefficient (Wildman–Crippen LogP) is 0.634. The van der Waals surface area contributed by atoms with E-state index in [2.05, 4.69) is 10.5 Å². The highest BCUT2D eigenvalue weighted by molar-refractivity contribution is 5.97. The molecule has 4 nitrogen and oxygen atoms in total. The highest BCUT2D eigenvalue weighted by atomic mass is 19.1. The van der Waals surface area contributed by atoms with Gasteiger partial charge < -0.3 is 4.74 Å². The molecule has 14 heavy (non-hydrogen) atoms. The maximum absolute atomic E-state index is 12.6. The zero-order chi connectivity index (χ0) is 9.97. The second kappa shape index (κ2) is 3.45. The minimum Gasteiger partial charge on any atom is -0.466 e. The van der Waals surface area contributed by atoms with E-state index in [1.54, 1.807) is 0 Å². The largest absolute Gasteiger partial charge is 0.466 e. The summed E-state index contributed by atoms with van der Waals surface area (Å²) in [6.07, 6.45) is 0. The molecule has 0 saturated heterocycles. The molecule has 0 radical (unpaired) electrons. The van der Waals surface area contributed by atoms with Gasteiger partial charge in [0.05, 0.1) is 0 Å². The van der Waals surface area contributed by atoms with Crippen LogP contribution in [0.5, 0.6) is 0 Å². The molecule has 1 amide bonds. The van der Waals surface area contributed by atoms with Crippen LogP contribution in [0.3, 0.4) is 0 Å². The first-order valence-electron chi connectivity index (χ1n) is 4.01. The van der Waals surface area contributed by atoms with Gasteiger partial charge in [-0.1, -0.05) is 0 Å². The molecule has 0 saturated carbocycles. The van der Waals surface area contributed by atoms with Gasteiger partial charge in [0.2, 0.25) is 5.90 Å². The summed E-state index contributed by atoms with van der Waals surface area (Å²) in [7, 11) is 0. The van der Waals surface area contributed by atoms with E-state index in [4.69, 9.17) is 4.74 Å². The topological polar surface area (TPSA) is 50.7 Å². The third-order valence-electron chi connectivity index (χ3n) is 1.71. The molecule has 0 bridgehead atoms. The Hall–Kier alpha value is -1.91. The van der Waals surface area contributed by atoms with E-state index in [0.717, 1.165) is 0 Å². The van der Waals surface area contributed by atoms with Crippen LogP contribution < -0.4 is 5.43 Å². The average molecular weight is 194 g/mol. The summed E-state index contributed by atoms with van der Waals surface area (Å²) in [5.41, 5.74) is 2.91. The number of rotatable bonds is 1. The van der Waals surface area contributed by atoms with Crippen LogP contribution in [0.25, 0.3) is 0 Å². The van der Waals surface area contributed by atoms with Crippen LogP contribution in [0.1, 0.15) is 5.56 Å². The zero-order valence-corrected chi connectivity index (χ0v) is 7.16. The summed E-state index contributed by atoms with van der Waals surface area (Å²) in [4.78, 5) is 10.7. The van der Waals surface area contributed by atoms with Gasteiger partial charge in [-0.05, 0) is 24.3 Å². The van der Waals surface area contributed by atoms with Crippen LogP contribution in [0.15, 0.2) is 29.4 Å². The van der Waals surface area contributed by atoms with Crippen molar-refractivity contribution >= 4 is 11.8 Å². The van der Waals surface area contributed by atoms with Crippen molar-refractivity contribution < 1.29 is 13.9 Å². The number of amides is 1. The Morgan fingerprint density at radius 3 is 2.64 bits per heavy atom. The smallest absolute Gasteiger partial charge is 0.278 e. The van der Waals surface area contributed by atoms with Gasteiger partial charge in [-0.25, -0.2) is 9.82 Å². The minimum atomic E-state index is -0.325. The lowest BCUT2D eigenvalue weighted by Crippen LogP contribution is -2.32. The number of ether oxygens (including phenoxy) is 1. The van der Waals surface area contributed by atoms with E-state index < -0.39 is 0 Å². The van der Waals surface area contributed by atoms with Crippen molar-refractivity contribution in [1.29, 1.82) is 0 Å². The second-order valence-corrected chi connectivity index (χ2v) is 2.75. The van der Waals surface area contributed by atoms with Crippen molar-refractivity contribution in [3.8, 4) is 0 Å². The van der Waals surface area contributed by atoms with Crippen LogP contribution in [0.4, 0.5) is 4.39 Å². The summed E-state index contributed by atoms with van der Waals surface area (Å²) in [6, 6.07) is 5.67. The average Bonchev–Trinajstić information content (AvgIpc) is 2.21. The Balaban J connectivity index is 2.23. The third kappa shape index (κ3) is 1.71. The zero-order valence-electron chi connectivity index (χ0n) is 7.16. The Kier molecular flexibility index (Phi) is 2.14. The number of carbonyl (C=O) groups is 1. The first-order chi connectivity index (χ1) is 6.75. The molecule has 0 spiro atoms. The lowest BCUT2D eigenvalue weighted by atomic mass is 10.2. The molecule has 1 aliphatic heterocycles. The number of hydrogen-bond donors (Lipinski definition) is 1. The van der Waals surface area contributed by atoms with E-state index in [0.29, 0.717) is 11.5 Å². The fourth-order valence-corrected chi connectivity index (χ4v) is 1.05. The SMILES string of the molecule is O=C1COC(c2ccc(F)cc2)=NN1. The van der Waals surface area contributed by atoms with Crippen LogP contribution in [-0.2, 0) is 9.53 Å². The van der Waals surface area contributed by atoms with Gasteiger partial charge >= 0.3 is 0 Å². The van der Waals surface area contributed by atoms with E-state index in [-0.39, 0.29) is 18.3 Å². The van der Waals surface area contributed by atoms with Crippen LogP contribution in [0.2, 0.25) is 0 Å². The van der Waals surface area contributed by atoms with Gasteiger partial charge in [-0.2, -0.15) is 0 Å². The molecule has 0 unspecified atom stereocenters. The molecule has 0 fully saturated rings. The van der Waals surface area contributed by atoms with Gasteiger partial charge in [0, 0.05) is 5.56 Å². The number of benzene rings is 1. The molecule has 1 aromatic rings. The molecular weight excluding hydrogens is 187 g/mol. The van der Waals surface area contributed by atoms with Crippen LogP contribution >= 0.6 is 0 Å². The Morgan fingerprint density at radius 1 is 1.36 bits per heavy atom. The van der Waals surface area contributed by atoms with Crippen LogP contribution in [0, 0.1) is 5.82 Å². The summed E-state index contributed by atoms with van der Waals surface area (Å²) < 4.78 is 17.6. The number of carbonyl (C=O) groups excluding carboxylic acids is 1. The molecule has 1 aromatic carbocycles. The second-order valence-electron chi connectivity index (χ2n) is 2.75. The number of hydrazone groups is 1. The molecule has 0 aromatic heterocycles. The first-order valence-corrected chi connectivity index (χ1v) is 4.01. The molecule has 1 heterocycles. The molecule has 5 heteroatoms. The number of nitrogens with one attached hydrogen (secondary N) is 1. The molecule has 2 rings (SSSR count). The fraction of sp³-hybridized carbons (Fsp3) is 0.111. The number of hydrogen-bond acceptors (Lipinski definition) is 3. The van der Waals surface area contributed by atoms with E-state index >= 15 is 0 Å². The maximum atomic E-state index is 12.6. The van der Waals surface area contributed by atoms with Gasteiger partial charge in [-0.15, -0.1) is 5.10 Å². The highest BCUT2D eigenvalue weighted by Gasteiger charge is 2.13. The van der Waals surface area contributed by atoms with Gasteiger partial charge in [0.1, 0.15) is 5.82 Å². The number of nitrogens with zero attached hydrogens (tertiary/aromatic N) is 1. The summed E-state index contributed by atoms with van der Waals surface area (Å²) >= 11 is 0. The van der Waals surface area contributed by atoms with E-state index in [9.17, 15) is 9.18 Å². The van der Waals surface area contributed by atoms with Crippen LogP contribution in [-0.4, -0.2) is 18.4 Å². The molecular formula is C9H7FN2O2. The standard InChI is InChI=1S/C9H7FN2O2/c10-7-3-1-6(2-4-7)9-12-11-8(13)5-14-9/h1-4H,5H2,(H,11,13). The monoisotopic (exact) mass is 194 g/mol. The van der Waals surface area contributed by atoms with Crippen molar-refractivity contribution in [3.05, 3.63) is 35.6 Å². The normalized spacial score (nSPS) is 15.5. The Morgan fingerprint density at radius 2 is 2.07 bits per heavy atom. The fourth-order valence-electron chi connectivity index (χ4n) is 1.05. The molecule has 72 valence electrons. The lowest BCUT2D eigenvalue weighted by Gasteiger charge is -2.13. The van der Waals surface area contributed by atoms with Gasteiger partial charge in [0.25, 0.3) is 5.91 Å². The van der Waals surface area contributed by atoms with Gasteiger partial charge in [0.15, 0.2) is 6.61 Å². The van der Waals surface area contributed by atoms with Crippen molar-refractivity contribution in [2.75, 3.05) is 6.61 Å². The first kappa shape index (κ1) is 8.68. The summed E-state index contributed by atoms with van der Waals surface area (Å²) in [6.45, 7) is -0.0593. The van der Waals surface area contributed by atoms with Crippen molar-refractivity contribution in [3.63, 3.8) is 0 Å². The van der Waals surface area contributed by atoms with Crippen molar-refractivity contribution in [2.45, 2.75) is 0 Å². The third-order valence-corrected chi connectivity index (χ3v) is 1.71. The molecule has 1 N–H and O–H groups in total. The van der Waals surface area contributed by atoms with E-state index in [1.807, 2.05) is 0 Å². The minimum absolute atomic E-state index is 0.0593. The molecule has 1 aliphatic rings. The maximum Gasteiger partial charge on any atom is 0.278 e.